The van der Waals surface area contributed by atoms with Crippen molar-refractivity contribution in [2.24, 2.45) is 0 Å². The molecule has 0 unspecified atom stereocenters. The predicted molar refractivity (Wildman–Crippen MR) is 127 cm³/mol. The van der Waals surface area contributed by atoms with Crippen molar-refractivity contribution in [1.29, 1.82) is 0 Å². The Morgan fingerprint density at radius 1 is 0.971 bits per heavy atom. The second-order valence-electron chi connectivity index (χ2n) is 7.86. The fraction of sp³-hybridized carbons (Fsp3) is 0.360. The fourth-order valence-electron chi connectivity index (χ4n) is 3.39. The number of carbonyl (C=O) groups is 2. The van der Waals surface area contributed by atoms with Crippen LogP contribution < -0.4 is 5.32 Å². The van der Waals surface area contributed by atoms with E-state index in [1.54, 1.807) is 31.3 Å². The Labute approximate surface area is 198 Å². The molecule has 9 heteroatoms. The SMILES string of the molecule is CCN(CC)CCNC(=O)c1ccc(-c2nc(CCN(C)C(=O)c3ccc(F)cc3)no2)cc1. The van der Waals surface area contributed by atoms with Gasteiger partial charge in [0.05, 0.1) is 0 Å². The van der Waals surface area contributed by atoms with Gasteiger partial charge in [-0.15, -0.1) is 0 Å². The molecule has 1 N–H and O–H groups in total. The quantitative estimate of drug-likeness (QED) is 0.466. The lowest BCUT2D eigenvalue weighted by molar-refractivity contribution is 0.0795. The first-order valence-electron chi connectivity index (χ1n) is 11.4. The average molecular weight is 468 g/mol. The summed E-state index contributed by atoms with van der Waals surface area (Å²) in [7, 11) is 1.67. The van der Waals surface area contributed by atoms with Crippen LogP contribution in [0, 0.1) is 5.82 Å². The lowest BCUT2D eigenvalue weighted by Crippen LogP contribution is -2.34. The highest BCUT2D eigenvalue weighted by Crippen LogP contribution is 2.18. The Hall–Kier alpha value is -3.59. The number of aromatic nitrogens is 2. The number of halogens is 1. The van der Waals surface area contributed by atoms with Crippen LogP contribution >= 0.6 is 0 Å². The third-order valence-electron chi connectivity index (χ3n) is 5.58. The van der Waals surface area contributed by atoms with Crippen LogP contribution in [0.3, 0.4) is 0 Å². The van der Waals surface area contributed by atoms with Crippen LogP contribution in [-0.4, -0.2) is 71.5 Å². The molecule has 1 aromatic heterocycles. The lowest BCUT2D eigenvalue weighted by Gasteiger charge is -2.17. The van der Waals surface area contributed by atoms with Gasteiger partial charge in [0.25, 0.3) is 17.7 Å². The smallest absolute Gasteiger partial charge is 0.257 e. The topological polar surface area (TPSA) is 91.6 Å². The van der Waals surface area contributed by atoms with Crippen molar-refractivity contribution in [3.8, 4) is 11.5 Å². The molecule has 0 radical (unpaired) electrons. The molecule has 180 valence electrons. The summed E-state index contributed by atoms with van der Waals surface area (Å²) in [6.07, 6.45) is 0.403. The molecule has 1 heterocycles. The van der Waals surface area contributed by atoms with Gasteiger partial charge in [0, 0.05) is 49.8 Å². The van der Waals surface area contributed by atoms with Crippen molar-refractivity contribution in [2.45, 2.75) is 20.3 Å². The summed E-state index contributed by atoms with van der Waals surface area (Å²) >= 11 is 0. The molecule has 0 bridgehead atoms. The number of amides is 2. The second kappa shape index (κ2) is 12.0. The molecule has 34 heavy (non-hydrogen) atoms. The van der Waals surface area contributed by atoms with E-state index in [9.17, 15) is 14.0 Å². The number of nitrogens with zero attached hydrogens (tertiary/aromatic N) is 4. The van der Waals surface area contributed by atoms with Gasteiger partial charge in [-0.2, -0.15) is 4.98 Å². The number of likely N-dealkylation sites (N-methyl/N-ethyl adjacent to an activating group) is 2. The Bertz CT molecular complexity index is 1080. The van der Waals surface area contributed by atoms with Crippen LogP contribution in [0.1, 0.15) is 40.4 Å². The zero-order chi connectivity index (χ0) is 24.5. The van der Waals surface area contributed by atoms with E-state index in [4.69, 9.17) is 4.52 Å². The third-order valence-corrected chi connectivity index (χ3v) is 5.58. The lowest BCUT2D eigenvalue weighted by atomic mass is 10.1. The molecule has 0 saturated carbocycles. The summed E-state index contributed by atoms with van der Waals surface area (Å²) < 4.78 is 18.4. The highest BCUT2D eigenvalue weighted by molar-refractivity contribution is 5.94. The van der Waals surface area contributed by atoms with E-state index in [1.807, 2.05) is 0 Å². The number of carbonyl (C=O) groups excluding carboxylic acids is 2. The maximum absolute atomic E-state index is 13.1. The van der Waals surface area contributed by atoms with E-state index in [-0.39, 0.29) is 17.6 Å². The van der Waals surface area contributed by atoms with Gasteiger partial charge in [0.2, 0.25) is 0 Å². The average Bonchev–Trinajstić information content (AvgIpc) is 3.34. The Balaban J connectivity index is 1.51. The van der Waals surface area contributed by atoms with Gasteiger partial charge < -0.3 is 19.6 Å². The van der Waals surface area contributed by atoms with Gasteiger partial charge in [-0.05, 0) is 61.6 Å². The first-order valence-corrected chi connectivity index (χ1v) is 11.4. The molecular formula is C25H30FN5O3. The van der Waals surface area contributed by atoms with Gasteiger partial charge in [0.1, 0.15) is 5.82 Å². The first-order chi connectivity index (χ1) is 16.4. The van der Waals surface area contributed by atoms with Crippen molar-refractivity contribution in [1.82, 2.24) is 25.3 Å². The molecular weight excluding hydrogens is 437 g/mol. The minimum absolute atomic E-state index is 0.126. The first kappa shape index (κ1) is 25.0. The molecule has 0 atom stereocenters. The van der Waals surface area contributed by atoms with Crippen LogP contribution in [0.4, 0.5) is 4.39 Å². The standard InChI is InChI=1S/C25H30FN5O3/c1-4-31(5-2)17-15-27-23(32)18-6-8-19(9-7-18)24-28-22(29-34-24)14-16-30(3)25(33)20-10-12-21(26)13-11-20/h6-13H,4-5,14-17H2,1-3H3,(H,27,32). The van der Waals surface area contributed by atoms with E-state index in [2.05, 4.69) is 34.2 Å². The zero-order valence-electron chi connectivity index (χ0n) is 19.8. The molecule has 0 aliphatic heterocycles. The van der Waals surface area contributed by atoms with Crippen LogP contribution in [0.2, 0.25) is 0 Å². The number of hydrogen-bond donors (Lipinski definition) is 1. The molecule has 2 amide bonds. The minimum Gasteiger partial charge on any atom is -0.351 e. The van der Waals surface area contributed by atoms with E-state index in [1.165, 1.54) is 29.2 Å². The summed E-state index contributed by atoms with van der Waals surface area (Å²) in [6, 6.07) is 12.4. The van der Waals surface area contributed by atoms with Crippen LogP contribution in [0.25, 0.3) is 11.5 Å². The van der Waals surface area contributed by atoms with E-state index in [0.717, 1.165) is 19.6 Å². The summed E-state index contributed by atoms with van der Waals surface area (Å²) in [4.78, 5) is 32.9. The monoisotopic (exact) mass is 467 g/mol. The predicted octanol–water partition coefficient (Wildman–Crippen LogP) is 3.26. The van der Waals surface area contributed by atoms with Gasteiger partial charge in [-0.1, -0.05) is 19.0 Å². The Morgan fingerprint density at radius 2 is 1.62 bits per heavy atom. The molecule has 0 fully saturated rings. The highest BCUT2D eigenvalue weighted by atomic mass is 19.1. The number of benzene rings is 2. The number of hydrogen-bond acceptors (Lipinski definition) is 6. The van der Waals surface area contributed by atoms with Gasteiger partial charge >= 0.3 is 0 Å². The van der Waals surface area contributed by atoms with Gasteiger partial charge in [0.15, 0.2) is 5.82 Å². The third kappa shape index (κ3) is 6.71. The Morgan fingerprint density at radius 3 is 2.26 bits per heavy atom. The van der Waals surface area contributed by atoms with Crippen molar-refractivity contribution < 1.29 is 18.5 Å². The molecule has 0 spiro atoms. The molecule has 0 saturated heterocycles. The van der Waals surface area contributed by atoms with E-state index < -0.39 is 0 Å². The maximum atomic E-state index is 13.1. The maximum Gasteiger partial charge on any atom is 0.257 e. The van der Waals surface area contributed by atoms with Gasteiger partial charge in [-0.25, -0.2) is 4.39 Å². The molecule has 0 aliphatic rings. The summed E-state index contributed by atoms with van der Waals surface area (Å²) in [6.45, 7) is 7.88. The van der Waals surface area contributed by atoms with Gasteiger partial charge in [-0.3, -0.25) is 9.59 Å². The minimum atomic E-state index is -0.387. The van der Waals surface area contributed by atoms with Crippen LogP contribution in [-0.2, 0) is 6.42 Å². The fourth-order valence-corrected chi connectivity index (χ4v) is 3.39. The second-order valence-corrected chi connectivity index (χ2v) is 7.86. The molecule has 3 aromatic rings. The normalized spacial score (nSPS) is 11.0. The van der Waals surface area contributed by atoms with E-state index >= 15 is 0 Å². The van der Waals surface area contributed by atoms with E-state index in [0.29, 0.717) is 47.9 Å². The largest absolute Gasteiger partial charge is 0.351 e. The summed E-state index contributed by atoms with van der Waals surface area (Å²) in [5.74, 6) is 0.0823. The Kier molecular flexibility index (Phi) is 8.86. The van der Waals surface area contributed by atoms with Crippen molar-refractivity contribution in [3.05, 3.63) is 71.3 Å². The number of rotatable bonds is 11. The molecule has 0 aliphatic carbocycles. The molecule has 3 rings (SSSR count). The number of nitrogens with one attached hydrogen (secondary N) is 1. The summed E-state index contributed by atoms with van der Waals surface area (Å²) in [5, 5.41) is 6.91. The van der Waals surface area contributed by atoms with Crippen LogP contribution in [0.5, 0.6) is 0 Å². The van der Waals surface area contributed by atoms with Crippen molar-refractivity contribution in [2.75, 3.05) is 39.8 Å². The van der Waals surface area contributed by atoms with Crippen molar-refractivity contribution in [3.63, 3.8) is 0 Å². The zero-order valence-corrected chi connectivity index (χ0v) is 19.8. The molecule has 8 nitrogen and oxygen atoms in total. The van der Waals surface area contributed by atoms with Crippen LogP contribution in [0.15, 0.2) is 53.1 Å². The summed E-state index contributed by atoms with van der Waals surface area (Å²) in [5.41, 5.74) is 1.67. The molecule has 2 aromatic carbocycles. The van der Waals surface area contributed by atoms with Crippen molar-refractivity contribution >= 4 is 11.8 Å². The highest BCUT2D eigenvalue weighted by Gasteiger charge is 2.15.